The van der Waals surface area contributed by atoms with Gasteiger partial charge < -0.3 is 14.6 Å². The molecule has 0 bridgehead atoms. The smallest absolute Gasteiger partial charge is 0.165 e. The topological polar surface area (TPSA) is 38.7 Å². The number of ether oxygens (including phenoxy) is 2. The van der Waals surface area contributed by atoms with Gasteiger partial charge in [-0.15, -0.1) is 0 Å². The summed E-state index contributed by atoms with van der Waals surface area (Å²) >= 11 is 0. The van der Waals surface area contributed by atoms with Crippen LogP contribution in [0.1, 0.15) is 24.2 Å². The summed E-state index contributed by atoms with van der Waals surface area (Å²) in [5.41, 5.74) is 0.755. The number of aliphatic hydroxyl groups excluding tert-OH is 1. The van der Waals surface area contributed by atoms with Crippen LogP contribution in [-0.2, 0) is 6.61 Å². The van der Waals surface area contributed by atoms with Crippen LogP contribution in [-0.4, -0.2) is 12.2 Å². The van der Waals surface area contributed by atoms with Gasteiger partial charge in [-0.3, -0.25) is 0 Å². The number of methoxy groups -OCH3 is 1. The molecule has 0 aliphatic carbocycles. The molecule has 3 nitrogen and oxygen atoms in total. The average molecular weight is 294 g/mol. The summed E-state index contributed by atoms with van der Waals surface area (Å²) in [5.74, 6) is -0.656. The van der Waals surface area contributed by atoms with Crippen molar-refractivity contribution in [2.45, 2.75) is 19.6 Å². The predicted octanol–water partition coefficient (Wildman–Crippen LogP) is 3.61. The Morgan fingerprint density at radius 2 is 1.86 bits per heavy atom. The van der Waals surface area contributed by atoms with E-state index >= 15 is 0 Å². The molecule has 0 unspecified atom stereocenters. The van der Waals surface area contributed by atoms with Crippen LogP contribution in [0.25, 0.3) is 0 Å². The van der Waals surface area contributed by atoms with Crippen LogP contribution in [0.5, 0.6) is 11.5 Å². The van der Waals surface area contributed by atoms with Crippen molar-refractivity contribution in [2.24, 2.45) is 0 Å². The van der Waals surface area contributed by atoms with Crippen LogP contribution in [0.4, 0.5) is 8.78 Å². The Balaban J connectivity index is 2.09. The maximum atomic E-state index is 13.8. The van der Waals surface area contributed by atoms with Crippen molar-refractivity contribution in [3.63, 3.8) is 0 Å². The largest absolute Gasteiger partial charge is 0.497 e. The molecule has 112 valence electrons. The first-order valence-electron chi connectivity index (χ1n) is 6.44. The Hall–Kier alpha value is -2.14. The highest BCUT2D eigenvalue weighted by Crippen LogP contribution is 2.24. The molecule has 5 heteroatoms. The lowest BCUT2D eigenvalue weighted by atomic mass is 10.1. The molecule has 1 atom stereocenters. The predicted molar refractivity (Wildman–Crippen MR) is 74.3 cm³/mol. The fourth-order valence-electron chi connectivity index (χ4n) is 1.82. The van der Waals surface area contributed by atoms with E-state index in [-0.39, 0.29) is 12.4 Å². The minimum Gasteiger partial charge on any atom is -0.497 e. The minimum atomic E-state index is -0.757. The lowest BCUT2D eigenvalue weighted by molar-refractivity contribution is 0.198. The van der Waals surface area contributed by atoms with Gasteiger partial charge in [-0.05, 0) is 36.8 Å². The zero-order valence-electron chi connectivity index (χ0n) is 11.8. The first-order valence-corrected chi connectivity index (χ1v) is 6.44. The zero-order valence-corrected chi connectivity index (χ0v) is 11.8. The van der Waals surface area contributed by atoms with E-state index in [1.54, 1.807) is 19.1 Å². The minimum absolute atomic E-state index is 0.00891. The number of hydrogen-bond acceptors (Lipinski definition) is 3. The molecular formula is C16H16F2O3. The maximum absolute atomic E-state index is 13.8. The van der Waals surface area contributed by atoms with Crippen molar-refractivity contribution >= 4 is 0 Å². The van der Waals surface area contributed by atoms with Crippen molar-refractivity contribution < 1.29 is 23.4 Å². The number of aliphatic hydroxyl groups is 1. The molecule has 0 saturated heterocycles. The monoisotopic (exact) mass is 294 g/mol. The van der Waals surface area contributed by atoms with Crippen molar-refractivity contribution in [3.8, 4) is 11.5 Å². The molecule has 0 fully saturated rings. The molecule has 0 aliphatic heterocycles. The fraction of sp³-hybridized carbons (Fsp3) is 0.250. The van der Waals surface area contributed by atoms with Gasteiger partial charge in [0.25, 0.3) is 0 Å². The summed E-state index contributed by atoms with van der Waals surface area (Å²) in [6, 6.07) is 8.55. The van der Waals surface area contributed by atoms with E-state index in [1.807, 2.05) is 0 Å². The molecule has 0 spiro atoms. The van der Waals surface area contributed by atoms with Crippen molar-refractivity contribution in [1.82, 2.24) is 0 Å². The highest BCUT2D eigenvalue weighted by atomic mass is 19.1. The van der Waals surface area contributed by atoms with E-state index < -0.39 is 17.7 Å². The molecule has 0 radical (unpaired) electrons. The number of halogens is 2. The summed E-state index contributed by atoms with van der Waals surface area (Å²) in [7, 11) is 1.45. The van der Waals surface area contributed by atoms with E-state index in [2.05, 4.69) is 0 Å². The average Bonchev–Trinajstić information content (AvgIpc) is 2.46. The van der Waals surface area contributed by atoms with Crippen molar-refractivity contribution in [2.75, 3.05) is 7.11 Å². The van der Waals surface area contributed by atoms with Gasteiger partial charge in [0, 0.05) is 11.6 Å². The molecule has 0 amide bonds. The van der Waals surface area contributed by atoms with E-state index in [1.165, 1.54) is 31.4 Å². The van der Waals surface area contributed by atoms with Crippen LogP contribution in [0.2, 0.25) is 0 Å². The first kappa shape index (κ1) is 15.3. The van der Waals surface area contributed by atoms with Crippen LogP contribution in [0, 0.1) is 11.6 Å². The maximum Gasteiger partial charge on any atom is 0.165 e. The van der Waals surface area contributed by atoms with Crippen molar-refractivity contribution in [3.05, 3.63) is 59.2 Å². The standard InChI is InChI=1S/C16H16F2O3/c1-10(19)11-4-6-16(15(18)7-11)21-9-12-3-5-13(20-2)8-14(12)17/h3-8,10,19H,9H2,1-2H3/t10-/m0/s1. The molecule has 2 aromatic carbocycles. The summed E-state index contributed by atoms with van der Waals surface area (Å²) in [6.07, 6.45) is -0.757. The second kappa shape index (κ2) is 6.54. The van der Waals surface area contributed by atoms with Gasteiger partial charge in [0.15, 0.2) is 11.6 Å². The van der Waals surface area contributed by atoms with Crippen LogP contribution in [0.15, 0.2) is 36.4 Å². The van der Waals surface area contributed by atoms with Gasteiger partial charge in [0.05, 0.1) is 13.2 Å². The highest BCUT2D eigenvalue weighted by molar-refractivity contribution is 5.32. The normalized spacial score (nSPS) is 12.0. The Kier molecular flexibility index (Phi) is 4.75. The molecule has 2 rings (SSSR count). The third kappa shape index (κ3) is 3.70. The summed E-state index contributed by atoms with van der Waals surface area (Å²) in [5, 5.41) is 9.36. The third-order valence-electron chi connectivity index (χ3n) is 3.08. The molecule has 21 heavy (non-hydrogen) atoms. The zero-order chi connectivity index (χ0) is 15.4. The van der Waals surface area contributed by atoms with Crippen LogP contribution in [0.3, 0.4) is 0 Å². The number of rotatable bonds is 5. The summed E-state index contributed by atoms with van der Waals surface area (Å²) < 4.78 is 37.7. The van der Waals surface area contributed by atoms with Gasteiger partial charge in [-0.2, -0.15) is 0 Å². The Morgan fingerprint density at radius 1 is 1.10 bits per heavy atom. The molecular weight excluding hydrogens is 278 g/mol. The summed E-state index contributed by atoms with van der Waals surface area (Å²) in [4.78, 5) is 0. The summed E-state index contributed by atoms with van der Waals surface area (Å²) in [6.45, 7) is 1.45. The van der Waals surface area contributed by atoms with Crippen LogP contribution < -0.4 is 9.47 Å². The second-order valence-electron chi connectivity index (χ2n) is 4.61. The van der Waals surface area contributed by atoms with Gasteiger partial charge in [0.2, 0.25) is 0 Å². The van der Waals surface area contributed by atoms with E-state index in [0.717, 1.165) is 0 Å². The molecule has 0 heterocycles. The first-order chi connectivity index (χ1) is 10.0. The van der Waals surface area contributed by atoms with Crippen molar-refractivity contribution in [1.29, 1.82) is 0 Å². The van der Waals surface area contributed by atoms with Gasteiger partial charge in [-0.1, -0.05) is 6.07 Å². The molecule has 0 aromatic heterocycles. The van der Waals surface area contributed by atoms with E-state index in [0.29, 0.717) is 16.9 Å². The Morgan fingerprint density at radius 3 is 2.43 bits per heavy atom. The quantitative estimate of drug-likeness (QED) is 0.915. The SMILES string of the molecule is COc1ccc(COc2ccc([C@H](C)O)cc2F)c(F)c1. The van der Waals surface area contributed by atoms with E-state index in [9.17, 15) is 13.9 Å². The van der Waals surface area contributed by atoms with E-state index in [4.69, 9.17) is 9.47 Å². The lowest BCUT2D eigenvalue weighted by Gasteiger charge is -2.11. The molecule has 2 aromatic rings. The molecule has 0 aliphatic rings. The highest BCUT2D eigenvalue weighted by Gasteiger charge is 2.10. The lowest BCUT2D eigenvalue weighted by Crippen LogP contribution is -2.01. The Labute approximate surface area is 121 Å². The van der Waals surface area contributed by atoms with Gasteiger partial charge >= 0.3 is 0 Å². The van der Waals surface area contributed by atoms with Crippen LogP contribution >= 0.6 is 0 Å². The number of hydrogen-bond donors (Lipinski definition) is 1. The van der Waals surface area contributed by atoms with Gasteiger partial charge in [-0.25, -0.2) is 8.78 Å². The molecule has 0 saturated carbocycles. The fourth-order valence-corrected chi connectivity index (χ4v) is 1.82. The second-order valence-corrected chi connectivity index (χ2v) is 4.61. The molecule has 1 N–H and O–H groups in total. The number of benzene rings is 2. The third-order valence-corrected chi connectivity index (χ3v) is 3.08. The Bertz CT molecular complexity index is 627. The van der Waals surface area contributed by atoms with Gasteiger partial charge in [0.1, 0.15) is 18.2 Å².